The second-order valence-corrected chi connectivity index (χ2v) is 21.4. The number of hydrogen-bond acceptors (Lipinski definition) is 14. The van der Waals surface area contributed by atoms with E-state index < -0.39 is 43.6 Å². The largest absolute Gasteiger partial charge is 0.489 e. The number of aromatic amines is 1. The minimum absolute atomic E-state index is 0.0260. The number of amides is 1. The quantitative estimate of drug-likeness (QED) is 0.0907. The molecule has 358 valence electrons. The van der Waals surface area contributed by atoms with Crippen molar-refractivity contribution in [2.45, 2.75) is 100 Å². The lowest BCUT2D eigenvalue weighted by Gasteiger charge is -2.56. The summed E-state index contributed by atoms with van der Waals surface area (Å²) in [6, 6.07) is 21.1. The number of nitrogens with one attached hydrogen (secondary N) is 3. The van der Waals surface area contributed by atoms with E-state index in [9.17, 15) is 23.3 Å². The number of anilines is 4. The minimum Gasteiger partial charge on any atom is -0.489 e. The van der Waals surface area contributed by atoms with Crippen LogP contribution in [0.5, 0.6) is 11.6 Å². The number of piperidine rings is 1. The van der Waals surface area contributed by atoms with Crippen LogP contribution in [0.15, 0.2) is 77.8 Å². The van der Waals surface area contributed by atoms with E-state index in [2.05, 4.69) is 62.9 Å². The number of hydrogen-bond donors (Lipinski definition) is 3. The first kappa shape index (κ1) is 44.5. The molecule has 1 spiro atoms. The van der Waals surface area contributed by atoms with E-state index in [1.807, 2.05) is 36.1 Å². The Hall–Kier alpha value is -5.95. The summed E-state index contributed by atoms with van der Waals surface area (Å²) in [5.74, 6) is -0.0506. The van der Waals surface area contributed by atoms with Crippen LogP contribution in [0.3, 0.4) is 0 Å². The van der Waals surface area contributed by atoms with Crippen molar-refractivity contribution in [1.82, 2.24) is 19.6 Å². The van der Waals surface area contributed by atoms with Crippen LogP contribution in [0, 0.1) is 15.5 Å². The average molecular weight is 947 g/mol. The number of sulfonamides is 1. The van der Waals surface area contributed by atoms with Crippen molar-refractivity contribution in [3.8, 4) is 11.6 Å². The lowest BCUT2D eigenvalue weighted by Crippen LogP contribution is -2.55. The minimum atomic E-state index is -4.68. The van der Waals surface area contributed by atoms with Crippen LogP contribution in [0.4, 0.5) is 28.4 Å². The lowest BCUT2D eigenvalue weighted by molar-refractivity contribution is -0.384. The van der Waals surface area contributed by atoms with Gasteiger partial charge < -0.3 is 39.0 Å². The molecule has 11 rings (SSSR count). The first-order chi connectivity index (χ1) is 32.8. The van der Waals surface area contributed by atoms with Crippen LogP contribution in [0.2, 0.25) is 0 Å². The Balaban J connectivity index is 0.857. The summed E-state index contributed by atoms with van der Waals surface area (Å²) in [6.45, 7) is 10.9. The molecule has 68 heavy (non-hydrogen) atoms. The zero-order valence-electron chi connectivity index (χ0n) is 38.6. The normalized spacial score (nSPS) is 23.9. The number of nitro benzene ring substituents is 1. The van der Waals surface area contributed by atoms with Crippen molar-refractivity contribution in [2.24, 2.45) is 5.41 Å². The van der Waals surface area contributed by atoms with Gasteiger partial charge >= 0.3 is 0 Å². The van der Waals surface area contributed by atoms with Gasteiger partial charge in [0.15, 0.2) is 11.4 Å². The van der Waals surface area contributed by atoms with Crippen LogP contribution < -0.4 is 29.3 Å². The number of ether oxygens (including phenoxy) is 4. The van der Waals surface area contributed by atoms with Crippen molar-refractivity contribution < 1.29 is 37.1 Å². The van der Waals surface area contributed by atoms with Gasteiger partial charge in [0.1, 0.15) is 30.1 Å². The average Bonchev–Trinajstić information content (AvgIpc) is 4.02. The van der Waals surface area contributed by atoms with Crippen molar-refractivity contribution in [1.29, 1.82) is 0 Å². The van der Waals surface area contributed by atoms with Crippen LogP contribution in [0.25, 0.3) is 11.0 Å². The van der Waals surface area contributed by atoms with Crippen molar-refractivity contribution in [3.05, 3.63) is 99.7 Å². The number of fused-ring (bicyclic) bond motifs is 3. The molecule has 4 fully saturated rings. The van der Waals surface area contributed by atoms with E-state index in [-0.39, 0.29) is 36.3 Å². The fourth-order valence-electron chi connectivity index (χ4n) is 11.6. The highest BCUT2D eigenvalue weighted by Crippen LogP contribution is 2.54. The van der Waals surface area contributed by atoms with Crippen molar-refractivity contribution in [3.63, 3.8) is 0 Å². The molecular weight excluding hydrogens is 889 g/mol. The maximum absolute atomic E-state index is 14.5. The molecule has 7 heterocycles. The number of carbonyl (C=O) groups is 1. The van der Waals surface area contributed by atoms with Crippen molar-refractivity contribution in [2.75, 3.05) is 67.7 Å². The maximum Gasteiger partial charge on any atom is 0.297 e. The Morgan fingerprint density at radius 1 is 1.00 bits per heavy atom. The number of likely N-dealkylation sites (tertiary alicyclic amines) is 1. The van der Waals surface area contributed by atoms with E-state index >= 15 is 0 Å². The van der Waals surface area contributed by atoms with Gasteiger partial charge in [-0.15, -0.1) is 0 Å². The molecule has 5 aromatic rings. The molecule has 4 atom stereocenters. The van der Waals surface area contributed by atoms with Gasteiger partial charge in [-0.1, -0.05) is 38.1 Å². The Labute approximate surface area is 395 Å². The summed E-state index contributed by atoms with van der Waals surface area (Å²) in [6.07, 6.45) is 8.00. The molecule has 2 aromatic heterocycles. The summed E-state index contributed by atoms with van der Waals surface area (Å²) in [4.78, 5) is 40.8. The van der Waals surface area contributed by atoms with Crippen LogP contribution in [0.1, 0.15) is 92.7 Å². The number of carbonyl (C=O) groups excluding carboxylic acids is 1. The number of nitrogens with zero attached hydrogens (tertiary/aromatic N) is 5. The predicted molar refractivity (Wildman–Crippen MR) is 257 cm³/mol. The fraction of sp³-hybridized carbons (Fsp3) is 0.480. The van der Waals surface area contributed by atoms with Crippen molar-refractivity contribution >= 4 is 55.4 Å². The van der Waals surface area contributed by atoms with Crippen LogP contribution in [-0.2, 0) is 19.5 Å². The third-order valence-corrected chi connectivity index (χ3v) is 16.4. The molecule has 6 aliphatic rings. The molecule has 3 saturated heterocycles. The first-order valence-corrected chi connectivity index (χ1v) is 25.5. The topological polar surface area (TPSA) is 194 Å². The molecular formula is C50H58N8O9S. The van der Waals surface area contributed by atoms with E-state index in [0.29, 0.717) is 66.1 Å². The summed E-state index contributed by atoms with van der Waals surface area (Å²) in [5.41, 5.74) is 5.56. The third-order valence-electron chi connectivity index (χ3n) is 15.1. The van der Waals surface area contributed by atoms with Crippen LogP contribution >= 0.6 is 0 Å². The molecule has 18 heteroatoms. The predicted octanol–water partition coefficient (Wildman–Crippen LogP) is 7.81. The SMILES string of the molecule is CC(C)c1ccccc1[C@@H]1CCCN1C1CC2(CCN(c3ccc(C(=O)NS(=O)(=O)c4cc5c(c([N+](=O)[O-])c4)N[C@H]([C@H]4COCCO4)CO5)c(N4C[C@@H](C)Oc5nc6[nH]ccc6cc54)c3)CC2)C1. The van der Waals surface area contributed by atoms with Gasteiger partial charge in [-0.05, 0) is 105 Å². The lowest BCUT2D eigenvalue weighted by atomic mass is 9.59. The van der Waals surface area contributed by atoms with Gasteiger partial charge in [-0.2, -0.15) is 4.98 Å². The summed E-state index contributed by atoms with van der Waals surface area (Å²) in [7, 11) is -4.68. The highest BCUT2D eigenvalue weighted by Gasteiger charge is 2.50. The Morgan fingerprint density at radius 2 is 1.82 bits per heavy atom. The van der Waals surface area contributed by atoms with E-state index in [1.54, 1.807) is 12.3 Å². The highest BCUT2D eigenvalue weighted by atomic mass is 32.2. The molecule has 3 N–H and O–H groups in total. The molecule has 1 saturated carbocycles. The zero-order valence-corrected chi connectivity index (χ0v) is 39.4. The van der Waals surface area contributed by atoms with Gasteiger partial charge in [-0.25, -0.2) is 13.1 Å². The van der Waals surface area contributed by atoms with E-state index in [0.717, 1.165) is 49.6 Å². The van der Waals surface area contributed by atoms with E-state index in [4.69, 9.17) is 23.9 Å². The molecule has 17 nitrogen and oxygen atoms in total. The Morgan fingerprint density at radius 3 is 2.60 bits per heavy atom. The van der Waals surface area contributed by atoms with Gasteiger partial charge in [0, 0.05) is 54.6 Å². The highest BCUT2D eigenvalue weighted by molar-refractivity contribution is 7.90. The zero-order chi connectivity index (χ0) is 46.9. The fourth-order valence-corrected chi connectivity index (χ4v) is 12.6. The molecule has 0 unspecified atom stereocenters. The standard InChI is InChI=1S/C50H58N8O9S/c1-30(2)36-7-4-5-8-37(36)40-9-6-16-56(40)34-25-50(26-34)13-17-55(18-14-50)33-10-11-38(41(22-33)57-27-31(3)67-49-43(57)21-32-12-15-51-47(32)53-49)48(59)54-68(62,63)35-23-42(58(60)61)46-44(24-35)66-28-39(52-46)45-29-64-19-20-65-45/h4-5,7-8,10-12,15,21-24,30-31,34,39-40,45,52H,6,9,13-14,16-20,25-29H2,1-3H3,(H,51,53)(H,54,59)/t31-,39+,40+,45-/m1/s1. The molecule has 1 aliphatic carbocycles. The molecule has 3 aromatic carbocycles. The summed E-state index contributed by atoms with van der Waals surface area (Å²) >= 11 is 0. The number of rotatable bonds is 10. The second kappa shape index (κ2) is 17.5. The molecule has 0 radical (unpaired) electrons. The summed E-state index contributed by atoms with van der Waals surface area (Å²) in [5, 5.41) is 16.4. The van der Waals surface area contributed by atoms with Crippen LogP contribution in [-0.4, -0.2) is 111 Å². The number of pyridine rings is 1. The molecule has 0 bridgehead atoms. The molecule has 5 aliphatic heterocycles. The van der Waals surface area contributed by atoms with Gasteiger partial charge in [-0.3, -0.25) is 19.8 Å². The number of nitro groups is 1. The Kier molecular flexibility index (Phi) is 11.5. The smallest absolute Gasteiger partial charge is 0.297 e. The third kappa shape index (κ3) is 8.17. The number of H-pyrrole nitrogens is 1. The van der Waals surface area contributed by atoms with Gasteiger partial charge in [0.2, 0.25) is 5.88 Å². The molecule has 1 amide bonds. The van der Waals surface area contributed by atoms with Gasteiger partial charge in [0.25, 0.3) is 21.6 Å². The number of benzene rings is 3. The number of aromatic nitrogens is 2. The van der Waals surface area contributed by atoms with Gasteiger partial charge in [0.05, 0.1) is 53.5 Å². The second-order valence-electron chi connectivity index (χ2n) is 19.8. The van der Waals surface area contributed by atoms with E-state index in [1.165, 1.54) is 42.9 Å². The first-order valence-electron chi connectivity index (χ1n) is 24.0. The maximum atomic E-state index is 14.5. The Bertz CT molecular complexity index is 2870. The summed E-state index contributed by atoms with van der Waals surface area (Å²) < 4.78 is 54.0. The monoisotopic (exact) mass is 946 g/mol.